The molecule has 21 heavy (non-hydrogen) atoms. The zero-order valence-corrected chi connectivity index (χ0v) is 11.7. The molecule has 1 aliphatic rings. The second-order valence-corrected chi connectivity index (χ2v) is 4.75. The number of hydrazine groups is 1. The van der Waals surface area contributed by atoms with E-state index in [1.807, 2.05) is 0 Å². The zero-order valence-electron chi connectivity index (χ0n) is 11.7. The first-order valence-electron chi connectivity index (χ1n) is 6.56. The van der Waals surface area contributed by atoms with Crippen LogP contribution in [0.5, 0.6) is 0 Å². The number of carbonyl (C=O) groups is 2. The molecule has 1 aliphatic heterocycles. The maximum Gasteiger partial charge on any atom is 0.323 e. The number of aromatic nitrogens is 1. The Balaban J connectivity index is 1.85. The normalized spacial score (nSPS) is 21.8. The molecule has 0 saturated carbocycles. The zero-order chi connectivity index (χ0) is 15.2. The van der Waals surface area contributed by atoms with E-state index in [0.29, 0.717) is 5.82 Å². The second-order valence-electron chi connectivity index (χ2n) is 4.75. The summed E-state index contributed by atoms with van der Waals surface area (Å²) in [6.07, 6.45) is 1.23. The predicted molar refractivity (Wildman–Crippen MR) is 74.0 cm³/mol. The molecule has 1 aromatic rings. The van der Waals surface area contributed by atoms with Gasteiger partial charge in [0.2, 0.25) is 0 Å². The first-order chi connectivity index (χ1) is 10.1. The van der Waals surface area contributed by atoms with Crippen LogP contribution in [0.2, 0.25) is 0 Å². The fourth-order valence-corrected chi connectivity index (χ4v) is 2.23. The highest BCUT2D eigenvalue weighted by atomic mass is 16.5. The van der Waals surface area contributed by atoms with Crippen molar-refractivity contribution in [2.75, 3.05) is 25.6 Å². The van der Waals surface area contributed by atoms with Crippen LogP contribution in [-0.4, -0.2) is 59.2 Å². The average Bonchev–Trinajstić information content (AvgIpc) is 2.86. The van der Waals surface area contributed by atoms with Gasteiger partial charge in [0.1, 0.15) is 11.9 Å². The number of aliphatic hydroxyl groups is 1. The molecule has 0 radical (unpaired) electrons. The van der Waals surface area contributed by atoms with E-state index in [9.17, 15) is 14.7 Å². The van der Waals surface area contributed by atoms with Crippen LogP contribution >= 0.6 is 0 Å². The van der Waals surface area contributed by atoms with Gasteiger partial charge in [-0.2, -0.15) is 0 Å². The van der Waals surface area contributed by atoms with Crippen molar-refractivity contribution in [1.29, 1.82) is 0 Å². The molecule has 0 aromatic carbocycles. The molecule has 114 valence electrons. The Hall–Kier alpha value is -2.19. The number of nitrogens with zero attached hydrogens (tertiary/aromatic N) is 2. The van der Waals surface area contributed by atoms with E-state index in [1.165, 1.54) is 7.11 Å². The first-order valence-corrected chi connectivity index (χ1v) is 6.56. The van der Waals surface area contributed by atoms with Crippen LogP contribution in [0, 0.1) is 0 Å². The van der Waals surface area contributed by atoms with Crippen molar-refractivity contribution >= 4 is 17.7 Å². The van der Waals surface area contributed by atoms with Crippen LogP contribution < -0.4 is 10.9 Å². The average molecular weight is 294 g/mol. The molecule has 2 atom stereocenters. The summed E-state index contributed by atoms with van der Waals surface area (Å²) in [5, 5.41) is 9.63. The van der Waals surface area contributed by atoms with E-state index in [4.69, 9.17) is 0 Å². The molecule has 1 amide bonds. The summed E-state index contributed by atoms with van der Waals surface area (Å²) >= 11 is 0. The largest absolute Gasteiger partial charge is 0.468 e. The lowest BCUT2D eigenvalue weighted by atomic mass is 10.2. The number of anilines is 1. The van der Waals surface area contributed by atoms with Crippen molar-refractivity contribution in [3.63, 3.8) is 0 Å². The first kappa shape index (κ1) is 15.2. The monoisotopic (exact) mass is 294 g/mol. The van der Waals surface area contributed by atoms with Crippen LogP contribution in [0.25, 0.3) is 0 Å². The number of β-amino-alcohol motifs (C(OH)–C–C–N with tert-alkyl or cyclic N) is 1. The topological polar surface area (TPSA) is 104 Å². The third kappa shape index (κ3) is 4.14. The molecular weight excluding hydrogens is 276 g/mol. The van der Waals surface area contributed by atoms with Gasteiger partial charge in [0, 0.05) is 19.2 Å². The maximum absolute atomic E-state index is 11.9. The summed E-state index contributed by atoms with van der Waals surface area (Å²) in [5.74, 6) is -0.266. The van der Waals surface area contributed by atoms with Gasteiger partial charge in [-0.3, -0.25) is 25.3 Å². The molecule has 3 N–H and O–H groups in total. The lowest BCUT2D eigenvalue weighted by molar-refractivity contribution is -0.146. The number of ether oxygens (including phenoxy) is 1. The molecule has 1 saturated heterocycles. The maximum atomic E-state index is 11.9. The van der Waals surface area contributed by atoms with E-state index >= 15 is 0 Å². The lowest BCUT2D eigenvalue weighted by Crippen LogP contribution is -2.44. The minimum atomic E-state index is -0.634. The van der Waals surface area contributed by atoms with E-state index in [0.717, 1.165) is 0 Å². The minimum absolute atomic E-state index is 0.0172. The third-order valence-corrected chi connectivity index (χ3v) is 3.20. The fourth-order valence-electron chi connectivity index (χ4n) is 2.23. The van der Waals surface area contributed by atoms with Gasteiger partial charge in [0.05, 0.1) is 19.8 Å². The van der Waals surface area contributed by atoms with Gasteiger partial charge in [0.15, 0.2) is 0 Å². The third-order valence-electron chi connectivity index (χ3n) is 3.20. The van der Waals surface area contributed by atoms with Gasteiger partial charge in [-0.15, -0.1) is 0 Å². The molecule has 0 spiro atoms. The summed E-state index contributed by atoms with van der Waals surface area (Å²) in [4.78, 5) is 29.0. The van der Waals surface area contributed by atoms with Gasteiger partial charge in [-0.25, -0.2) is 4.98 Å². The van der Waals surface area contributed by atoms with Gasteiger partial charge in [-0.1, -0.05) is 6.07 Å². The van der Waals surface area contributed by atoms with Gasteiger partial charge >= 0.3 is 5.97 Å². The van der Waals surface area contributed by atoms with E-state index in [-0.39, 0.29) is 25.4 Å². The van der Waals surface area contributed by atoms with Gasteiger partial charge in [-0.05, 0) is 12.1 Å². The minimum Gasteiger partial charge on any atom is -0.468 e. The van der Waals surface area contributed by atoms with Gasteiger partial charge in [0.25, 0.3) is 5.91 Å². The van der Waals surface area contributed by atoms with Crippen LogP contribution in [-0.2, 0) is 14.3 Å². The Labute approximate surface area is 122 Å². The summed E-state index contributed by atoms with van der Waals surface area (Å²) in [5.41, 5.74) is 5.16. The Kier molecular flexibility index (Phi) is 5.07. The van der Waals surface area contributed by atoms with Crippen molar-refractivity contribution in [1.82, 2.24) is 15.3 Å². The Morgan fingerprint density at radius 2 is 2.33 bits per heavy atom. The summed E-state index contributed by atoms with van der Waals surface area (Å²) in [6, 6.07) is 4.66. The quantitative estimate of drug-likeness (QED) is 0.479. The number of pyridine rings is 1. The van der Waals surface area contributed by atoms with Crippen LogP contribution in [0.3, 0.4) is 0 Å². The Bertz CT molecular complexity index is 496. The van der Waals surface area contributed by atoms with Crippen molar-refractivity contribution in [3.8, 4) is 0 Å². The molecule has 0 bridgehead atoms. The highest BCUT2D eigenvalue weighted by molar-refractivity contribution is 5.81. The van der Waals surface area contributed by atoms with Crippen molar-refractivity contribution in [3.05, 3.63) is 24.4 Å². The van der Waals surface area contributed by atoms with Crippen LogP contribution in [0.4, 0.5) is 5.82 Å². The van der Waals surface area contributed by atoms with E-state index < -0.39 is 18.1 Å². The number of likely N-dealkylation sites (tertiary alicyclic amines) is 1. The summed E-state index contributed by atoms with van der Waals surface area (Å²) in [6.45, 7) is 0.243. The number of rotatable bonds is 5. The Morgan fingerprint density at radius 3 is 3.00 bits per heavy atom. The smallest absolute Gasteiger partial charge is 0.323 e. The molecule has 2 rings (SSSR count). The van der Waals surface area contributed by atoms with Crippen LogP contribution in [0.15, 0.2) is 24.4 Å². The highest BCUT2D eigenvalue weighted by Crippen LogP contribution is 2.18. The van der Waals surface area contributed by atoms with Crippen LogP contribution in [0.1, 0.15) is 6.42 Å². The number of methoxy groups -OCH3 is 1. The molecular formula is C13H18N4O4. The number of hydrogen-bond donors (Lipinski definition) is 3. The van der Waals surface area contributed by atoms with Crippen molar-refractivity contribution < 1.29 is 19.4 Å². The highest BCUT2D eigenvalue weighted by Gasteiger charge is 2.37. The number of esters is 1. The molecule has 2 heterocycles. The number of hydrogen-bond acceptors (Lipinski definition) is 7. The molecule has 8 heteroatoms. The van der Waals surface area contributed by atoms with E-state index in [1.54, 1.807) is 29.3 Å². The molecule has 1 aromatic heterocycles. The molecule has 1 fully saturated rings. The van der Waals surface area contributed by atoms with Crippen molar-refractivity contribution in [2.24, 2.45) is 0 Å². The SMILES string of the molecule is COC(=O)C1CC(O)CN1CC(=O)NNc1ccccn1. The molecule has 8 nitrogen and oxygen atoms in total. The number of amides is 1. The molecule has 2 unspecified atom stereocenters. The number of aliphatic hydroxyl groups excluding tert-OH is 1. The van der Waals surface area contributed by atoms with Gasteiger partial charge < -0.3 is 9.84 Å². The summed E-state index contributed by atoms with van der Waals surface area (Å²) in [7, 11) is 1.29. The lowest BCUT2D eigenvalue weighted by Gasteiger charge is -2.21. The molecule has 0 aliphatic carbocycles. The predicted octanol–water partition coefficient (Wildman–Crippen LogP) is -0.867. The summed E-state index contributed by atoms with van der Waals surface area (Å²) < 4.78 is 4.67. The second kappa shape index (κ2) is 7.00. The number of carbonyl (C=O) groups excluding carboxylic acids is 2. The fraction of sp³-hybridized carbons (Fsp3) is 0.462. The standard InChI is InChI=1S/C13H18N4O4/c1-21-13(20)10-6-9(18)7-17(10)8-12(19)16-15-11-4-2-3-5-14-11/h2-5,9-10,18H,6-8H2,1H3,(H,14,15)(H,16,19). The number of nitrogens with one attached hydrogen (secondary N) is 2. The van der Waals surface area contributed by atoms with Crippen molar-refractivity contribution in [2.45, 2.75) is 18.6 Å². The Morgan fingerprint density at radius 1 is 1.52 bits per heavy atom. The van der Waals surface area contributed by atoms with E-state index in [2.05, 4.69) is 20.6 Å².